The summed E-state index contributed by atoms with van der Waals surface area (Å²) in [6, 6.07) is 1.83. The Labute approximate surface area is 165 Å². The quantitative estimate of drug-likeness (QED) is 0.721. The molecule has 0 unspecified atom stereocenters. The first-order valence-corrected chi connectivity index (χ1v) is 9.69. The number of amides is 2. The van der Waals surface area contributed by atoms with E-state index in [0.717, 1.165) is 17.7 Å². The number of pyridine rings is 1. The van der Waals surface area contributed by atoms with E-state index in [1.807, 2.05) is 33.8 Å². The lowest BCUT2D eigenvalue weighted by Crippen LogP contribution is -2.56. The molecule has 27 heavy (non-hydrogen) atoms. The highest BCUT2D eigenvalue weighted by atomic mass is 35.5. The Balaban J connectivity index is 1.57. The van der Waals surface area contributed by atoms with Gasteiger partial charge in [0.15, 0.2) is 0 Å². The van der Waals surface area contributed by atoms with E-state index in [4.69, 9.17) is 16.3 Å². The van der Waals surface area contributed by atoms with Crippen molar-refractivity contribution in [2.24, 2.45) is 0 Å². The lowest BCUT2D eigenvalue weighted by molar-refractivity contribution is -0.120. The van der Waals surface area contributed by atoms with Crippen LogP contribution >= 0.6 is 11.6 Å². The molecule has 2 amide bonds. The van der Waals surface area contributed by atoms with Crippen LogP contribution in [0.1, 0.15) is 33.3 Å². The Morgan fingerprint density at radius 3 is 2.70 bits per heavy atom. The summed E-state index contributed by atoms with van der Waals surface area (Å²) >= 11 is 6.13. The van der Waals surface area contributed by atoms with Crippen molar-refractivity contribution < 1.29 is 14.3 Å². The SMILES string of the molecule is C[C@@H]1CN(CC(=O)N2CCc3c2ccnc3Cl)CCN1C(=O)OC(C)(C)C. The molecule has 1 atom stereocenters. The summed E-state index contributed by atoms with van der Waals surface area (Å²) in [5, 5.41) is 0.474. The largest absolute Gasteiger partial charge is 0.444 e. The van der Waals surface area contributed by atoms with Crippen LogP contribution in [0.2, 0.25) is 5.15 Å². The van der Waals surface area contributed by atoms with Gasteiger partial charge >= 0.3 is 6.09 Å². The van der Waals surface area contributed by atoms with Gasteiger partial charge in [0.05, 0.1) is 12.2 Å². The van der Waals surface area contributed by atoms with E-state index in [1.165, 1.54) is 0 Å². The van der Waals surface area contributed by atoms with Gasteiger partial charge in [-0.3, -0.25) is 9.69 Å². The van der Waals surface area contributed by atoms with Crippen LogP contribution in [-0.2, 0) is 16.0 Å². The minimum atomic E-state index is -0.511. The van der Waals surface area contributed by atoms with E-state index in [-0.39, 0.29) is 18.0 Å². The van der Waals surface area contributed by atoms with Gasteiger partial charge in [-0.2, -0.15) is 0 Å². The molecule has 0 spiro atoms. The smallest absolute Gasteiger partial charge is 0.410 e. The number of rotatable bonds is 2. The molecule has 148 valence electrons. The van der Waals surface area contributed by atoms with Crippen LogP contribution < -0.4 is 4.90 Å². The maximum absolute atomic E-state index is 12.8. The van der Waals surface area contributed by atoms with Gasteiger partial charge in [0.2, 0.25) is 5.91 Å². The first kappa shape index (κ1) is 19.9. The molecule has 1 saturated heterocycles. The molecule has 0 N–H and O–H groups in total. The molecule has 3 rings (SSSR count). The third-order valence-corrected chi connectivity index (χ3v) is 5.18. The molecule has 1 aromatic heterocycles. The first-order chi connectivity index (χ1) is 12.7. The number of hydrogen-bond acceptors (Lipinski definition) is 5. The second-order valence-corrected chi connectivity index (χ2v) is 8.51. The normalized spacial score (nSPS) is 20.6. The molecule has 1 fully saturated rings. The summed E-state index contributed by atoms with van der Waals surface area (Å²) in [5.41, 5.74) is 1.29. The Hall–Kier alpha value is -1.86. The van der Waals surface area contributed by atoms with Crippen LogP contribution in [0.25, 0.3) is 0 Å². The standard InChI is InChI=1S/C19H27ClN4O3/c1-13-11-22(9-10-23(13)18(26)27-19(2,3)4)12-16(25)24-8-6-14-15(24)5-7-21-17(14)20/h5,7,13H,6,8-12H2,1-4H3/t13-/m1/s1. The van der Waals surface area contributed by atoms with Crippen LogP contribution in [0.5, 0.6) is 0 Å². The minimum Gasteiger partial charge on any atom is -0.444 e. The van der Waals surface area contributed by atoms with Gasteiger partial charge in [0.25, 0.3) is 0 Å². The number of carbonyl (C=O) groups excluding carboxylic acids is 2. The first-order valence-electron chi connectivity index (χ1n) is 9.31. The second-order valence-electron chi connectivity index (χ2n) is 8.15. The van der Waals surface area contributed by atoms with E-state index < -0.39 is 5.60 Å². The topological polar surface area (TPSA) is 66.0 Å². The highest BCUT2D eigenvalue weighted by Crippen LogP contribution is 2.32. The molecule has 0 bridgehead atoms. The number of fused-ring (bicyclic) bond motifs is 1. The fraction of sp³-hybridized carbons (Fsp3) is 0.632. The number of aromatic nitrogens is 1. The van der Waals surface area contributed by atoms with Gasteiger partial charge < -0.3 is 14.5 Å². The van der Waals surface area contributed by atoms with Crippen molar-refractivity contribution >= 4 is 29.3 Å². The average molecular weight is 395 g/mol. The number of piperazine rings is 1. The van der Waals surface area contributed by atoms with Gasteiger partial charge in [-0.1, -0.05) is 11.6 Å². The predicted octanol–water partition coefficient (Wildman–Crippen LogP) is 2.57. The molecule has 2 aliphatic heterocycles. The third kappa shape index (κ3) is 4.52. The molecule has 3 heterocycles. The molecule has 8 heteroatoms. The van der Waals surface area contributed by atoms with E-state index in [0.29, 0.717) is 37.9 Å². The Morgan fingerprint density at radius 1 is 1.30 bits per heavy atom. The molecule has 1 aromatic rings. The monoisotopic (exact) mass is 394 g/mol. The van der Waals surface area contributed by atoms with Crippen molar-refractivity contribution in [3.05, 3.63) is 23.0 Å². The van der Waals surface area contributed by atoms with Gasteiger partial charge in [-0.05, 0) is 40.2 Å². The Morgan fingerprint density at radius 2 is 2.04 bits per heavy atom. The third-order valence-electron chi connectivity index (χ3n) is 4.85. The molecule has 2 aliphatic rings. The van der Waals surface area contributed by atoms with Gasteiger partial charge in [0, 0.05) is 44.0 Å². The van der Waals surface area contributed by atoms with E-state index in [1.54, 1.807) is 16.0 Å². The molecule has 0 saturated carbocycles. The van der Waals surface area contributed by atoms with Crippen LogP contribution in [0.15, 0.2) is 12.3 Å². The van der Waals surface area contributed by atoms with E-state index >= 15 is 0 Å². The van der Waals surface area contributed by atoms with Crippen molar-refractivity contribution in [2.75, 3.05) is 37.6 Å². The van der Waals surface area contributed by atoms with Crippen LogP contribution in [0.4, 0.5) is 10.5 Å². The summed E-state index contributed by atoms with van der Waals surface area (Å²) in [7, 11) is 0. The minimum absolute atomic E-state index is 0.00842. The molecule has 0 aromatic carbocycles. The summed E-state index contributed by atoms with van der Waals surface area (Å²) in [4.78, 5) is 34.8. The highest BCUT2D eigenvalue weighted by Gasteiger charge is 2.33. The van der Waals surface area contributed by atoms with Crippen LogP contribution in [0, 0.1) is 0 Å². The van der Waals surface area contributed by atoms with Gasteiger partial charge in [-0.15, -0.1) is 0 Å². The van der Waals surface area contributed by atoms with Gasteiger partial charge in [0.1, 0.15) is 10.8 Å². The highest BCUT2D eigenvalue weighted by molar-refractivity contribution is 6.30. The van der Waals surface area contributed by atoms with Crippen molar-refractivity contribution in [3.8, 4) is 0 Å². The molecular weight excluding hydrogens is 368 g/mol. The summed E-state index contributed by atoms with van der Waals surface area (Å²) in [6.07, 6.45) is 2.07. The molecule has 0 radical (unpaired) electrons. The Bertz CT molecular complexity index is 734. The zero-order valence-electron chi connectivity index (χ0n) is 16.4. The zero-order valence-corrected chi connectivity index (χ0v) is 17.1. The number of anilines is 1. The molecule has 7 nitrogen and oxygen atoms in total. The Kier molecular flexibility index (Phi) is 5.63. The average Bonchev–Trinajstić information content (AvgIpc) is 2.98. The van der Waals surface area contributed by atoms with Crippen molar-refractivity contribution in [1.29, 1.82) is 0 Å². The molecular formula is C19H27ClN4O3. The number of hydrogen-bond donors (Lipinski definition) is 0. The van der Waals surface area contributed by atoms with Crippen LogP contribution in [-0.4, -0.2) is 71.2 Å². The lowest BCUT2D eigenvalue weighted by Gasteiger charge is -2.40. The number of ether oxygens (including phenoxy) is 1. The fourth-order valence-electron chi connectivity index (χ4n) is 3.59. The second kappa shape index (κ2) is 7.64. The summed E-state index contributed by atoms with van der Waals surface area (Å²) < 4.78 is 5.47. The number of halogens is 1. The summed E-state index contributed by atoms with van der Waals surface area (Å²) in [5.74, 6) is 0.0499. The van der Waals surface area contributed by atoms with Crippen molar-refractivity contribution in [3.63, 3.8) is 0 Å². The fourth-order valence-corrected chi connectivity index (χ4v) is 3.84. The van der Waals surface area contributed by atoms with E-state index in [9.17, 15) is 9.59 Å². The zero-order chi connectivity index (χ0) is 19.8. The maximum Gasteiger partial charge on any atom is 0.410 e. The van der Waals surface area contributed by atoms with Crippen molar-refractivity contribution in [2.45, 2.75) is 45.8 Å². The lowest BCUT2D eigenvalue weighted by atomic mass is 10.2. The summed E-state index contributed by atoms with van der Waals surface area (Å²) in [6.45, 7) is 10.4. The van der Waals surface area contributed by atoms with Crippen molar-refractivity contribution in [1.82, 2.24) is 14.8 Å². The van der Waals surface area contributed by atoms with Crippen LogP contribution in [0.3, 0.4) is 0 Å². The number of nitrogens with zero attached hydrogens (tertiary/aromatic N) is 4. The molecule has 0 aliphatic carbocycles. The van der Waals surface area contributed by atoms with Gasteiger partial charge in [-0.25, -0.2) is 9.78 Å². The maximum atomic E-state index is 12.8. The number of carbonyl (C=O) groups is 2. The predicted molar refractivity (Wildman–Crippen MR) is 104 cm³/mol. The van der Waals surface area contributed by atoms with E-state index in [2.05, 4.69) is 9.88 Å².